The van der Waals surface area contributed by atoms with Crippen molar-refractivity contribution in [1.29, 1.82) is 0 Å². The van der Waals surface area contributed by atoms with Crippen LogP contribution >= 0.6 is 27.3 Å². The molecule has 0 radical (unpaired) electrons. The summed E-state index contributed by atoms with van der Waals surface area (Å²) in [5, 5.41) is 3.12. The lowest BCUT2D eigenvalue weighted by Crippen LogP contribution is -2.43. The van der Waals surface area contributed by atoms with Gasteiger partial charge in [-0.05, 0) is 41.5 Å². The summed E-state index contributed by atoms with van der Waals surface area (Å²) in [5.41, 5.74) is -0.569. The number of halogens is 1. The quantitative estimate of drug-likeness (QED) is 0.679. The molecule has 8 heteroatoms. The second kappa shape index (κ2) is 7.61. The molecule has 0 spiro atoms. The molecule has 0 aliphatic rings. The molecular formula is C15H23BrN2O4S. The number of hydrogen-bond donors (Lipinski definition) is 0. The molecule has 0 fully saturated rings. The number of amides is 2. The molecule has 0 N–H and O–H groups in total. The van der Waals surface area contributed by atoms with E-state index in [9.17, 15) is 9.59 Å². The van der Waals surface area contributed by atoms with Crippen LogP contribution in [0.2, 0.25) is 0 Å². The minimum atomic E-state index is -0.748. The fourth-order valence-electron chi connectivity index (χ4n) is 1.46. The SMILES string of the molecule is CC(C)(C)OC(=O)N(Cc1nc(CBr)cs1)C(=O)OC(C)(C)C. The fraction of sp³-hybridized carbons (Fsp3) is 0.667. The summed E-state index contributed by atoms with van der Waals surface area (Å²) >= 11 is 4.70. The number of aromatic nitrogens is 1. The van der Waals surface area contributed by atoms with Gasteiger partial charge in [-0.25, -0.2) is 19.5 Å². The van der Waals surface area contributed by atoms with Crippen LogP contribution in [0.15, 0.2) is 5.38 Å². The molecule has 0 unspecified atom stereocenters. The molecule has 23 heavy (non-hydrogen) atoms. The summed E-state index contributed by atoms with van der Waals surface area (Å²) in [6, 6.07) is 0. The average molecular weight is 407 g/mol. The molecule has 0 bridgehead atoms. The first-order valence-corrected chi connectivity index (χ1v) is 9.14. The average Bonchev–Trinajstić information content (AvgIpc) is 2.79. The molecule has 0 aliphatic heterocycles. The number of ether oxygens (including phenoxy) is 2. The van der Waals surface area contributed by atoms with Gasteiger partial charge in [0.15, 0.2) is 0 Å². The number of thiazole rings is 1. The Morgan fingerprint density at radius 1 is 1.13 bits per heavy atom. The highest BCUT2D eigenvalue weighted by Gasteiger charge is 2.31. The van der Waals surface area contributed by atoms with Crippen LogP contribution in [0.5, 0.6) is 0 Å². The van der Waals surface area contributed by atoms with Gasteiger partial charge < -0.3 is 9.47 Å². The van der Waals surface area contributed by atoms with Crippen molar-refractivity contribution in [3.05, 3.63) is 16.1 Å². The Hall–Kier alpha value is -1.15. The van der Waals surface area contributed by atoms with E-state index in [4.69, 9.17) is 9.47 Å². The fourth-order valence-corrected chi connectivity index (χ4v) is 2.74. The Balaban J connectivity index is 2.95. The highest BCUT2D eigenvalue weighted by molar-refractivity contribution is 9.08. The maximum atomic E-state index is 12.3. The van der Waals surface area contributed by atoms with Crippen LogP contribution in [0.3, 0.4) is 0 Å². The molecule has 0 aromatic carbocycles. The van der Waals surface area contributed by atoms with E-state index in [2.05, 4.69) is 20.9 Å². The molecule has 6 nitrogen and oxygen atoms in total. The largest absolute Gasteiger partial charge is 0.443 e. The first kappa shape index (κ1) is 19.9. The monoisotopic (exact) mass is 406 g/mol. The van der Waals surface area contributed by atoms with Gasteiger partial charge in [-0.3, -0.25) is 0 Å². The number of carbonyl (C=O) groups is 2. The van der Waals surface area contributed by atoms with Gasteiger partial charge in [0.25, 0.3) is 0 Å². The Morgan fingerprint density at radius 2 is 1.61 bits per heavy atom. The molecule has 1 aromatic rings. The third-order valence-electron chi connectivity index (χ3n) is 2.26. The summed E-state index contributed by atoms with van der Waals surface area (Å²) in [5.74, 6) is 0. The van der Waals surface area contributed by atoms with Crippen LogP contribution in [-0.4, -0.2) is 33.3 Å². The summed E-state index contributed by atoms with van der Waals surface area (Å²) in [6.07, 6.45) is -1.50. The van der Waals surface area contributed by atoms with Crippen molar-refractivity contribution in [1.82, 2.24) is 9.88 Å². The van der Waals surface area contributed by atoms with Crippen molar-refractivity contribution in [3.8, 4) is 0 Å². The highest BCUT2D eigenvalue weighted by atomic mass is 79.9. The van der Waals surface area contributed by atoms with Crippen molar-refractivity contribution in [2.45, 2.75) is 64.6 Å². The minimum absolute atomic E-state index is 0.0154. The van der Waals surface area contributed by atoms with Gasteiger partial charge in [0.2, 0.25) is 0 Å². The van der Waals surface area contributed by atoms with Gasteiger partial charge in [-0.1, -0.05) is 15.9 Å². The first-order valence-electron chi connectivity index (χ1n) is 7.14. The van der Waals surface area contributed by atoms with E-state index in [1.54, 1.807) is 41.5 Å². The molecule has 1 rings (SSSR count). The first-order chi connectivity index (χ1) is 10.4. The van der Waals surface area contributed by atoms with E-state index < -0.39 is 23.4 Å². The van der Waals surface area contributed by atoms with Crippen LogP contribution in [-0.2, 0) is 21.3 Å². The van der Waals surface area contributed by atoms with Crippen LogP contribution in [0, 0.1) is 0 Å². The van der Waals surface area contributed by atoms with Gasteiger partial charge in [-0.2, -0.15) is 0 Å². The second-order valence-corrected chi connectivity index (χ2v) is 8.42. The lowest BCUT2D eigenvalue weighted by molar-refractivity contribution is -0.000263. The Bertz CT molecular complexity index is 533. The number of rotatable bonds is 3. The Morgan fingerprint density at radius 3 is 1.96 bits per heavy atom. The van der Waals surface area contributed by atoms with E-state index in [1.807, 2.05) is 5.38 Å². The predicted octanol–water partition coefficient (Wildman–Crippen LogP) is 4.71. The molecule has 130 valence electrons. The molecule has 1 heterocycles. The van der Waals surface area contributed by atoms with E-state index in [0.717, 1.165) is 10.6 Å². The topological polar surface area (TPSA) is 68.7 Å². The zero-order chi connectivity index (χ0) is 17.8. The summed E-state index contributed by atoms with van der Waals surface area (Å²) in [6.45, 7) is 10.5. The smallest absolute Gasteiger partial charge is 0.420 e. The molecule has 2 amide bonds. The zero-order valence-electron chi connectivity index (χ0n) is 14.3. The van der Waals surface area contributed by atoms with E-state index in [0.29, 0.717) is 10.3 Å². The second-order valence-electron chi connectivity index (χ2n) is 6.91. The van der Waals surface area contributed by atoms with Crippen LogP contribution in [0.1, 0.15) is 52.2 Å². The van der Waals surface area contributed by atoms with Crippen LogP contribution in [0.25, 0.3) is 0 Å². The standard InChI is InChI=1S/C15H23BrN2O4S/c1-14(2,3)21-12(19)18(13(20)22-15(4,5)6)8-11-17-10(7-16)9-23-11/h9H,7-8H2,1-6H3. The van der Waals surface area contributed by atoms with Gasteiger partial charge >= 0.3 is 12.2 Å². The summed E-state index contributed by atoms with van der Waals surface area (Å²) in [7, 11) is 0. The van der Waals surface area contributed by atoms with Crippen LogP contribution < -0.4 is 0 Å². The van der Waals surface area contributed by atoms with Crippen LogP contribution in [0.4, 0.5) is 9.59 Å². The highest BCUT2D eigenvalue weighted by Crippen LogP contribution is 2.19. The maximum absolute atomic E-state index is 12.3. The molecule has 0 aliphatic carbocycles. The number of nitrogens with zero attached hydrogens (tertiary/aromatic N) is 2. The summed E-state index contributed by atoms with van der Waals surface area (Å²) < 4.78 is 10.6. The number of hydrogen-bond acceptors (Lipinski definition) is 6. The predicted molar refractivity (Wildman–Crippen MR) is 92.8 cm³/mol. The van der Waals surface area contributed by atoms with Gasteiger partial charge in [0.1, 0.15) is 16.2 Å². The zero-order valence-corrected chi connectivity index (χ0v) is 16.7. The van der Waals surface area contributed by atoms with E-state index >= 15 is 0 Å². The molecule has 1 aromatic heterocycles. The van der Waals surface area contributed by atoms with E-state index in [-0.39, 0.29) is 6.54 Å². The Kier molecular flexibility index (Phi) is 6.59. The van der Waals surface area contributed by atoms with Crippen molar-refractivity contribution in [2.24, 2.45) is 0 Å². The van der Waals surface area contributed by atoms with E-state index in [1.165, 1.54) is 11.3 Å². The molecule has 0 saturated heterocycles. The molecular weight excluding hydrogens is 384 g/mol. The third-order valence-corrected chi connectivity index (χ3v) is 3.71. The normalized spacial score (nSPS) is 12.0. The number of carbonyl (C=O) groups excluding carboxylic acids is 2. The summed E-state index contributed by atoms with van der Waals surface area (Å²) in [4.78, 5) is 30.0. The van der Waals surface area contributed by atoms with Gasteiger partial charge in [0, 0.05) is 10.7 Å². The van der Waals surface area contributed by atoms with Crippen molar-refractivity contribution in [3.63, 3.8) is 0 Å². The van der Waals surface area contributed by atoms with Crippen molar-refractivity contribution >= 4 is 39.5 Å². The molecule has 0 atom stereocenters. The van der Waals surface area contributed by atoms with Gasteiger partial charge in [-0.15, -0.1) is 11.3 Å². The third kappa shape index (κ3) is 7.30. The van der Waals surface area contributed by atoms with Crippen molar-refractivity contribution in [2.75, 3.05) is 0 Å². The lowest BCUT2D eigenvalue weighted by Gasteiger charge is -2.28. The number of alkyl halides is 1. The lowest BCUT2D eigenvalue weighted by atomic mass is 10.2. The number of imide groups is 1. The maximum Gasteiger partial charge on any atom is 0.420 e. The Labute approximate surface area is 149 Å². The van der Waals surface area contributed by atoms with Gasteiger partial charge in [0.05, 0.1) is 12.2 Å². The molecule has 0 saturated carbocycles. The minimum Gasteiger partial charge on any atom is -0.443 e. The van der Waals surface area contributed by atoms with Crippen molar-refractivity contribution < 1.29 is 19.1 Å².